The molecule has 1 aromatic carbocycles. The number of hydrogen-bond donors (Lipinski definition) is 0. The number of aromatic nitrogens is 5. The van der Waals surface area contributed by atoms with Crippen LogP contribution < -0.4 is 9.80 Å². The molecular formula is C22H28F2N8O. The van der Waals surface area contributed by atoms with Crippen LogP contribution in [-0.4, -0.2) is 87.9 Å². The van der Waals surface area contributed by atoms with Gasteiger partial charge in [-0.05, 0) is 26.0 Å². The standard InChI is InChI=1S/C22H28F2N8O/c1-15(2)29-7-9-30(10-8-29)20-26-21(31-11-13-33-14-12-31)28-22(27-20)32-17-6-4-3-5-16(17)25-19(32)18(23)24/h3-6,15,18H,7-14H2,1-2H3. The van der Waals surface area contributed by atoms with Crippen molar-refractivity contribution in [3.63, 3.8) is 0 Å². The van der Waals surface area contributed by atoms with Crippen molar-refractivity contribution in [2.24, 2.45) is 0 Å². The second-order valence-corrected chi connectivity index (χ2v) is 8.55. The van der Waals surface area contributed by atoms with Crippen molar-refractivity contribution in [3.8, 4) is 5.95 Å². The van der Waals surface area contributed by atoms with Crippen LogP contribution in [-0.2, 0) is 4.74 Å². The molecule has 33 heavy (non-hydrogen) atoms. The van der Waals surface area contributed by atoms with Crippen LogP contribution in [0.25, 0.3) is 17.0 Å². The third-order valence-corrected chi connectivity index (χ3v) is 6.20. The van der Waals surface area contributed by atoms with E-state index in [4.69, 9.17) is 9.72 Å². The minimum Gasteiger partial charge on any atom is -0.378 e. The van der Waals surface area contributed by atoms with E-state index in [9.17, 15) is 8.78 Å². The highest BCUT2D eigenvalue weighted by Gasteiger charge is 2.27. The van der Waals surface area contributed by atoms with Gasteiger partial charge in [-0.3, -0.25) is 9.47 Å². The molecule has 0 N–H and O–H groups in total. The Kier molecular flexibility index (Phi) is 6.07. The Hall–Kier alpha value is -2.92. The van der Waals surface area contributed by atoms with Crippen molar-refractivity contribution < 1.29 is 13.5 Å². The van der Waals surface area contributed by atoms with E-state index in [1.807, 2.05) is 4.90 Å². The zero-order chi connectivity index (χ0) is 22.9. The summed E-state index contributed by atoms with van der Waals surface area (Å²) in [5.74, 6) is 0.771. The van der Waals surface area contributed by atoms with Crippen molar-refractivity contribution in [2.75, 3.05) is 62.3 Å². The maximum Gasteiger partial charge on any atom is 0.296 e. The molecule has 4 heterocycles. The Morgan fingerprint density at radius 2 is 1.39 bits per heavy atom. The largest absolute Gasteiger partial charge is 0.378 e. The summed E-state index contributed by atoms with van der Waals surface area (Å²) in [7, 11) is 0. The lowest BCUT2D eigenvalue weighted by Gasteiger charge is -2.37. The maximum absolute atomic E-state index is 14.0. The lowest BCUT2D eigenvalue weighted by molar-refractivity contribution is 0.122. The lowest BCUT2D eigenvalue weighted by Crippen LogP contribution is -2.49. The summed E-state index contributed by atoms with van der Waals surface area (Å²) >= 11 is 0. The third-order valence-electron chi connectivity index (χ3n) is 6.20. The van der Waals surface area contributed by atoms with Crippen LogP contribution in [0.5, 0.6) is 0 Å². The van der Waals surface area contributed by atoms with Gasteiger partial charge in [-0.15, -0.1) is 0 Å². The number of halogens is 2. The topological polar surface area (TPSA) is 75.4 Å². The first-order valence-electron chi connectivity index (χ1n) is 11.3. The Balaban J connectivity index is 1.60. The zero-order valence-electron chi connectivity index (χ0n) is 18.9. The van der Waals surface area contributed by atoms with E-state index in [1.165, 1.54) is 4.57 Å². The quantitative estimate of drug-likeness (QED) is 0.578. The van der Waals surface area contributed by atoms with Gasteiger partial charge in [-0.1, -0.05) is 12.1 Å². The molecule has 2 aliphatic rings. The predicted molar refractivity (Wildman–Crippen MR) is 121 cm³/mol. The Bertz CT molecular complexity index is 1110. The minimum atomic E-state index is -2.76. The van der Waals surface area contributed by atoms with Crippen molar-refractivity contribution in [1.29, 1.82) is 0 Å². The second kappa shape index (κ2) is 9.14. The highest BCUT2D eigenvalue weighted by atomic mass is 19.3. The summed E-state index contributed by atoms with van der Waals surface area (Å²) in [6.45, 7) is 10.1. The molecule has 0 atom stereocenters. The van der Waals surface area contributed by atoms with Gasteiger partial charge in [0.2, 0.25) is 17.8 Å². The van der Waals surface area contributed by atoms with Crippen molar-refractivity contribution in [2.45, 2.75) is 26.3 Å². The molecule has 2 aliphatic heterocycles. The monoisotopic (exact) mass is 458 g/mol. The van der Waals surface area contributed by atoms with Crippen LogP contribution in [0.4, 0.5) is 20.7 Å². The molecule has 0 spiro atoms. The van der Waals surface area contributed by atoms with Gasteiger partial charge in [0.1, 0.15) is 0 Å². The first-order valence-corrected chi connectivity index (χ1v) is 11.3. The summed E-state index contributed by atoms with van der Waals surface area (Å²) in [5, 5.41) is 0. The normalized spacial score (nSPS) is 18.1. The number of fused-ring (bicyclic) bond motifs is 1. The molecule has 0 bridgehead atoms. The lowest BCUT2D eigenvalue weighted by atomic mass is 10.2. The van der Waals surface area contributed by atoms with Crippen LogP contribution in [0, 0.1) is 0 Å². The fourth-order valence-corrected chi connectivity index (χ4v) is 4.33. The molecule has 11 heteroatoms. The number of nitrogens with zero attached hydrogens (tertiary/aromatic N) is 8. The SMILES string of the molecule is CC(C)N1CCN(c2nc(N3CCOCC3)nc(-n3c(C(F)F)nc4ccccc43)n2)CC1. The number of alkyl halides is 2. The third kappa shape index (κ3) is 4.34. The molecule has 0 unspecified atom stereocenters. The average Bonchev–Trinajstić information content (AvgIpc) is 3.24. The predicted octanol–water partition coefficient (Wildman–Crippen LogP) is 2.52. The molecule has 2 fully saturated rings. The molecule has 0 radical (unpaired) electrons. The van der Waals surface area contributed by atoms with Gasteiger partial charge < -0.3 is 14.5 Å². The van der Waals surface area contributed by atoms with E-state index in [0.29, 0.717) is 55.3 Å². The number of hydrogen-bond acceptors (Lipinski definition) is 8. The van der Waals surface area contributed by atoms with Crippen LogP contribution in [0.2, 0.25) is 0 Å². The van der Waals surface area contributed by atoms with Crippen LogP contribution >= 0.6 is 0 Å². The number of morpholine rings is 1. The van der Waals surface area contributed by atoms with E-state index >= 15 is 0 Å². The zero-order valence-corrected chi connectivity index (χ0v) is 18.9. The molecule has 9 nitrogen and oxygen atoms in total. The van der Waals surface area contributed by atoms with Crippen LogP contribution in [0.3, 0.4) is 0 Å². The highest BCUT2D eigenvalue weighted by molar-refractivity contribution is 5.77. The number of para-hydroxylation sites is 2. The van der Waals surface area contributed by atoms with Crippen LogP contribution in [0.1, 0.15) is 26.1 Å². The number of imidazole rings is 1. The number of anilines is 2. The summed E-state index contributed by atoms with van der Waals surface area (Å²) in [4.78, 5) is 24.7. The van der Waals surface area contributed by atoms with Crippen molar-refractivity contribution in [1.82, 2.24) is 29.4 Å². The Morgan fingerprint density at radius 3 is 2.03 bits per heavy atom. The summed E-state index contributed by atoms with van der Waals surface area (Å²) in [6, 6.07) is 7.52. The number of rotatable bonds is 5. The van der Waals surface area contributed by atoms with Gasteiger partial charge in [-0.2, -0.15) is 15.0 Å². The number of benzene rings is 1. The molecule has 5 rings (SSSR count). The molecule has 2 aromatic heterocycles. The van der Waals surface area contributed by atoms with Crippen LogP contribution in [0.15, 0.2) is 24.3 Å². The molecule has 0 saturated carbocycles. The fraction of sp³-hybridized carbons (Fsp3) is 0.545. The van der Waals surface area contributed by atoms with Gasteiger partial charge in [-0.25, -0.2) is 13.8 Å². The highest BCUT2D eigenvalue weighted by Crippen LogP contribution is 2.28. The van der Waals surface area contributed by atoms with Crippen molar-refractivity contribution in [3.05, 3.63) is 30.1 Å². The molecule has 0 aliphatic carbocycles. The van der Waals surface area contributed by atoms with Gasteiger partial charge in [0.25, 0.3) is 6.43 Å². The molecule has 2 saturated heterocycles. The second-order valence-electron chi connectivity index (χ2n) is 8.55. The molecule has 3 aromatic rings. The van der Waals surface area contributed by atoms with Crippen molar-refractivity contribution >= 4 is 22.9 Å². The number of ether oxygens (including phenoxy) is 1. The van der Waals surface area contributed by atoms with Gasteiger partial charge in [0.05, 0.1) is 24.2 Å². The molecule has 0 amide bonds. The van der Waals surface area contributed by atoms with Gasteiger partial charge >= 0.3 is 0 Å². The summed E-state index contributed by atoms with van der Waals surface area (Å²) in [6.07, 6.45) is -2.76. The number of piperazine rings is 1. The van der Waals surface area contributed by atoms with Gasteiger partial charge in [0.15, 0.2) is 5.82 Å². The van der Waals surface area contributed by atoms with E-state index in [1.54, 1.807) is 24.3 Å². The van der Waals surface area contributed by atoms with E-state index < -0.39 is 6.43 Å². The first kappa shape index (κ1) is 21.9. The average molecular weight is 459 g/mol. The summed E-state index contributed by atoms with van der Waals surface area (Å²) < 4.78 is 34.8. The minimum absolute atomic E-state index is 0.164. The van der Waals surface area contributed by atoms with E-state index in [-0.39, 0.29) is 11.8 Å². The van der Waals surface area contributed by atoms with E-state index in [2.05, 4.69) is 38.6 Å². The Morgan fingerprint density at radius 1 is 0.788 bits per heavy atom. The fourth-order valence-electron chi connectivity index (χ4n) is 4.33. The maximum atomic E-state index is 14.0. The molecular weight excluding hydrogens is 430 g/mol. The Labute approximate surface area is 191 Å². The molecule has 176 valence electrons. The smallest absolute Gasteiger partial charge is 0.296 e. The first-order chi connectivity index (χ1) is 16.0. The van der Waals surface area contributed by atoms with E-state index in [0.717, 1.165) is 26.2 Å². The summed E-state index contributed by atoms with van der Waals surface area (Å²) in [5.41, 5.74) is 1.02. The van der Waals surface area contributed by atoms with Gasteiger partial charge in [0, 0.05) is 45.3 Å².